The number of hydrogen-bond acceptors (Lipinski definition) is 5. The summed E-state index contributed by atoms with van der Waals surface area (Å²) >= 11 is 0. The Hall–Kier alpha value is -3.71. The molecule has 0 atom stereocenters. The lowest BCUT2D eigenvalue weighted by atomic mass is 10.1. The van der Waals surface area contributed by atoms with E-state index < -0.39 is 0 Å². The zero-order valence-corrected chi connectivity index (χ0v) is 19.2. The van der Waals surface area contributed by atoms with Crippen LogP contribution in [0.4, 0.5) is 11.6 Å². The molecule has 1 amide bonds. The number of nitrogens with one attached hydrogen (secondary N) is 1. The second-order valence-corrected chi connectivity index (χ2v) is 8.72. The first-order valence-electron chi connectivity index (χ1n) is 11.2. The van der Waals surface area contributed by atoms with Crippen LogP contribution in [0.3, 0.4) is 0 Å². The van der Waals surface area contributed by atoms with E-state index in [1.165, 1.54) is 11.1 Å². The topological polar surface area (TPSA) is 66.3 Å². The lowest BCUT2D eigenvalue weighted by Crippen LogP contribution is -2.47. The predicted molar refractivity (Wildman–Crippen MR) is 131 cm³/mol. The highest BCUT2D eigenvalue weighted by Gasteiger charge is 2.20. The van der Waals surface area contributed by atoms with Crippen molar-refractivity contribution in [3.63, 3.8) is 0 Å². The summed E-state index contributed by atoms with van der Waals surface area (Å²) in [6.07, 6.45) is 3.81. The van der Waals surface area contributed by atoms with Crippen LogP contribution in [0.5, 0.6) is 0 Å². The second kappa shape index (κ2) is 8.67. The van der Waals surface area contributed by atoms with E-state index in [2.05, 4.69) is 48.2 Å². The number of aromatic nitrogens is 3. The molecule has 0 spiro atoms. The molecular weight excluding hydrogens is 412 g/mol. The Morgan fingerprint density at radius 1 is 0.939 bits per heavy atom. The molecule has 1 aliphatic rings. The number of amides is 1. The Morgan fingerprint density at radius 2 is 1.70 bits per heavy atom. The molecule has 1 N–H and O–H groups in total. The Kier molecular flexibility index (Phi) is 5.56. The van der Waals surface area contributed by atoms with Crippen molar-refractivity contribution in [1.82, 2.24) is 24.3 Å². The van der Waals surface area contributed by atoms with Crippen LogP contribution in [-0.4, -0.2) is 63.5 Å². The fourth-order valence-electron chi connectivity index (χ4n) is 4.09. The number of aryl methyl sites for hydroxylation is 2. The van der Waals surface area contributed by atoms with Crippen molar-refractivity contribution >= 4 is 28.6 Å². The van der Waals surface area contributed by atoms with E-state index in [9.17, 15) is 4.79 Å². The van der Waals surface area contributed by atoms with Crippen molar-refractivity contribution in [3.05, 3.63) is 77.6 Å². The predicted octanol–water partition coefficient (Wildman–Crippen LogP) is 4.17. The number of rotatable bonds is 4. The average molecular weight is 441 g/mol. The molecule has 0 aliphatic carbocycles. The summed E-state index contributed by atoms with van der Waals surface area (Å²) in [5, 5.41) is 4.26. The van der Waals surface area contributed by atoms with E-state index in [4.69, 9.17) is 4.98 Å². The van der Waals surface area contributed by atoms with Gasteiger partial charge in [0, 0.05) is 60.9 Å². The van der Waals surface area contributed by atoms with Gasteiger partial charge in [0.2, 0.25) is 5.95 Å². The molecule has 1 saturated heterocycles. The molecule has 0 saturated carbocycles. The molecule has 2 aromatic heterocycles. The van der Waals surface area contributed by atoms with Crippen LogP contribution in [0.1, 0.15) is 21.5 Å². The molecule has 33 heavy (non-hydrogen) atoms. The summed E-state index contributed by atoms with van der Waals surface area (Å²) in [5.41, 5.74) is 5.91. The molecule has 168 valence electrons. The Morgan fingerprint density at radius 3 is 2.42 bits per heavy atom. The molecule has 4 aromatic rings. The van der Waals surface area contributed by atoms with Gasteiger partial charge in [0.1, 0.15) is 5.65 Å². The third kappa shape index (κ3) is 4.32. The maximum atomic E-state index is 12.9. The average Bonchev–Trinajstić information content (AvgIpc) is 3.25. The van der Waals surface area contributed by atoms with E-state index in [1.807, 2.05) is 58.3 Å². The third-order valence-electron chi connectivity index (χ3n) is 6.37. The highest BCUT2D eigenvalue weighted by molar-refractivity contribution is 5.94. The zero-order chi connectivity index (χ0) is 22.9. The van der Waals surface area contributed by atoms with Crippen molar-refractivity contribution in [2.75, 3.05) is 38.5 Å². The van der Waals surface area contributed by atoms with Gasteiger partial charge in [-0.2, -0.15) is 4.98 Å². The van der Waals surface area contributed by atoms with Crippen LogP contribution in [0.15, 0.2) is 60.9 Å². The van der Waals surface area contributed by atoms with E-state index in [-0.39, 0.29) is 5.91 Å². The first kappa shape index (κ1) is 21.2. The fourth-order valence-corrected chi connectivity index (χ4v) is 4.09. The first-order valence-corrected chi connectivity index (χ1v) is 11.2. The van der Waals surface area contributed by atoms with Crippen molar-refractivity contribution < 1.29 is 4.79 Å². The van der Waals surface area contributed by atoms with E-state index in [0.29, 0.717) is 11.5 Å². The van der Waals surface area contributed by atoms with Crippen LogP contribution < -0.4 is 5.32 Å². The van der Waals surface area contributed by atoms with Gasteiger partial charge in [-0.15, -0.1) is 0 Å². The van der Waals surface area contributed by atoms with E-state index in [1.54, 1.807) is 0 Å². The normalized spacial score (nSPS) is 14.6. The Bertz CT molecular complexity index is 1300. The number of hydrogen-bond donors (Lipinski definition) is 1. The number of benzene rings is 2. The number of fused-ring (bicyclic) bond motifs is 1. The quantitative estimate of drug-likeness (QED) is 0.516. The van der Waals surface area contributed by atoms with Gasteiger partial charge in [-0.3, -0.25) is 4.79 Å². The van der Waals surface area contributed by atoms with Crippen LogP contribution in [0.2, 0.25) is 0 Å². The summed E-state index contributed by atoms with van der Waals surface area (Å²) < 4.78 is 2.02. The van der Waals surface area contributed by atoms with Gasteiger partial charge in [-0.05, 0) is 74.5 Å². The highest BCUT2D eigenvalue weighted by Crippen LogP contribution is 2.22. The van der Waals surface area contributed by atoms with Crippen LogP contribution in [0, 0.1) is 13.8 Å². The number of carbonyl (C=O) groups is 1. The highest BCUT2D eigenvalue weighted by atomic mass is 16.2. The number of likely N-dealkylation sites (N-methyl/N-ethyl adjacent to an activating group) is 1. The molecule has 5 rings (SSSR count). The number of carbonyl (C=O) groups excluding carboxylic acids is 1. The van der Waals surface area contributed by atoms with Crippen LogP contribution in [0.25, 0.3) is 16.7 Å². The summed E-state index contributed by atoms with van der Waals surface area (Å²) in [6.45, 7) is 7.56. The third-order valence-corrected chi connectivity index (χ3v) is 6.37. The molecule has 0 radical (unpaired) electrons. The van der Waals surface area contributed by atoms with Crippen molar-refractivity contribution in [2.45, 2.75) is 13.8 Å². The molecule has 1 fully saturated rings. The number of piperazine rings is 1. The summed E-state index contributed by atoms with van der Waals surface area (Å²) in [5.74, 6) is 0.641. The minimum absolute atomic E-state index is 0.0919. The summed E-state index contributed by atoms with van der Waals surface area (Å²) in [6, 6.07) is 16.0. The van der Waals surface area contributed by atoms with Gasteiger partial charge < -0.3 is 19.7 Å². The zero-order valence-electron chi connectivity index (χ0n) is 19.2. The smallest absolute Gasteiger partial charge is 0.253 e. The Labute approximate surface area is 193 Å². The molecule has 1 aliphatic heterocycles. The molecule has 7 heteroatoms. The Balaban J connectivity index is 1.38. The molecule has 3 heterocycles. The van der Waals surface area contributed by atoms with Crippen molar-refractivity contribution in [3.8, 4) is 5.69 Å². The lowest BCUT2D eigenvalue weighted by molar-refractivity contribution is 0.0664. The summed E-state index contributed by atoms with van der Waals surface area (Å²) in [4.78, 5) is 26.2. The summed E-state index contributed by atoms with van der Waals surface area (Å²) in [7, 11) is 2.09. The molecule has 0 bridgehead atoms. The van der Waals surface area contributed by atoms with Crippen molar-refractivity contribution in [1.29, 1.82) is 0 Å². The molecule has 7 nitrogen and oxygen atoms in total. The van der Waals surface area contributed by atoms with Gasteiger partial charge >= 0.3 is 0 Å². The fraction of sp³-hybridized carbons (Fsp3) is 0.269. The second-order valence-electron chi connectivity index (χ2n) is 8.72. The van der Waals surface area contributed by atoms with Crippen LogP contribution in [-0.2, 0) is 0 Å². The SMILES string of the molecule is Cc1ccc(Nc2ncc3ccn(-c4ccc(C(=O)N5CCN(C)CC5)cc4)c3n2)cc1C. The largest absolute Gasteiger partial charge is 0.336 e. The molecule has 2 aromatic carbocycles. The van der Waals surface area contributed by atoms with Gasteiger partial charge in [-0.1, -0.05) is 6.07 Å². The van der Waals surface area contributed by atoms with E-state index in [0.717, 1.165) is 48.6 Å². The maximum absolute atomic E-state index is 12.9. The monoisotopic (exact) mass is 440 g/mol. The minimum Gasteiger partial charge on any atom is -0.336 e. The number of nitrogens with zero attached hydrogens (tertiary/aromatic N) is 5. The molecule has 0 unspecified atom stereocenters. The van der Waals surface area contributed by atoms with Gasteiger partial charge in [-0.25, -0.2) is 4.98 Å². The van der Waals surface area contributed by atoms with Gasteiger partial charge in [0.15, 0.2) is 0 Å². The van der Waals surface area contributed by atoms with Gasteiger partial charge in [0.05, 0.1) is 0 Å². The number of anilines is 2. The minimum atomic E-state index is 0.0919. The first-order chi connectivity index (χ1) is 16.0. The van der Waals surface area contributed by atoms with Gasteiger partial charge in [0.25, 0.3) is 5.91 Å². The van der Waals surface area contributed by atoms with Crippen LogP contribution >= 0.6 is 0 Å². The van der Waals surface area contributed by atoms with E-state index >= 15 is 0 Å². The lowest BCUT2D eigenvalue weighted by Gasteiger charge is -2.32. The molecular formula is C26H28N6O. The maximum Gasteiger partial charge on any atom is 0.253 e. The standard InChI is InChI=1S/C26H28N6O/c1-18-4-7-22(16-19(18)2)28-26-27-17-21-10-11-32(24(21)29-26)23-8-5-20(6-9-23)25(33)31-14-12-30(3)13-15-31/h4-11,16-17H,12-15H2,1-3H3,(H,27,28,29). The van der Waals surface area contributed by atoms with Crippen molar-refractivity contribution in [2.24, 2.45) is 0 Å².